The molecule has 1 fully saturated rings. The maximum atomic E-state index is 11.4. The summed E-state index contributed by atoms with van der Waals surface area (Å²) in [7, 11) is 0. The maximum absolute atomic E-state index is 11.4. The largest absolute Gasteiger partial charge is 0.340 e. The van der Waals surface area contributed by atoms with Crippen LogP contribution in [0.15, 0.2) is 0 Å². The molecule has 0 aliphatic carbocycles. The van der Waals surface area contributed by atoms with Gasteiger partial charge in [0.25, 0.3) is 0 Å². The zero-order valence-electron chi connectivity index (χ0n) is 9.55. The molecule has 0 radical (unpaired) electrons. The minimum absolute atomic E-state index is 0.207. The zero-order chi connectivity index (χ0) is 10.6. The quantitative estimate of drug-likeness (QED) is 0.740. The van der Waals surface area contributed by atoms with Gasteiger partial charge in [-0.3, -0.25) is 4.79 Å². The Morgan fingerprint density at radius 3 is 2.43 bits per heavy atom. The molecule has 0 atom stereocenters. The van der Waals surface area contributed by atoms with E-state index in [1.165, 1.54) is 12.8 Å². The van der Waals surface area contributed by atoms with Gasteiger partial charge in [-0.15, -0.1) is 0 Å². The number of nitrogens with one attached hydrogen (secondary N) is 1. The Bertz CT molecular complexity index is 186. The van der Waals surface area contributed by atoms with E-state index in [0.29, 0.717) is 12.0 Å². The van der Waals surface area contributed by atoms with Crippen LogP contribution in [0.25, 0.3) is 0 Å². The van der Waals surface area contributed by atoms with E-state index in [9.17, 15) is 4.79 Å². The molecule has 1 aliphatic heterocycles. The Hall–Kier alpha value is -0.570. The van der Waals surface area contributed by atoms with Crippen molar-refractivity contribution >= 4 is 5.91 Å². The van der Waals surface area contributed by atoms with Crippen LogP contribution in [0.1, 0.15) is 33.6 Å². The summed E-state index contributed by atoms with van der Waals surface area (Å²) in [5.41, 5.74) is 0. The molecule has 0 bridgehead atoms. The lowest BCUT2D eigenvalue weighted by Gasteiger charge is -2.32. The standard InChI is InChI=1S/C11H22N2O/c1-9(2)13(10(3)14)8-11-4-6-12-7-5-11/h9,11-12H,4-8H2,1-3H3. The van der Waals surface area contributed by atoms with Crippen molar-refractivity contribution in [3.8, 4) is 0 Å². The molecule has 0 spiro atoms. The third-order valence-electron chi connectivity index (χ3n) is 2.94. The molecule has 3 nitrogen and oxygen atoms in total. The first kappa shape index (κ1) is 11.5. The van der Waals surface area contributed by atoms with Gasteiger partial charge in [0.2, 0.25) is 5.91 Å². The van der Waals surface area contributed by atoms with Gasteiger partial charge in [0.15, 0.2) is 0 Å². The lowest BCUT2D eigenvalue weighted by molar-refractivity contribution is -0.131. The molecule has 1 amide bonds. The van der Waals surface area contributed by atoms with Gasteiger partial charge in [0, 0.05) is 19.5 Å². The first-order chi connectivity index (χ1) is 6.61. The van der Waals surface area contributed by atoms with Crippen LogP contribution in [-0.4, -0.2) is 36.5 Å². The fourth-order valence-corrected chi connectivity index (χ4v) is 2.05. The molecule has 82 valence electrons. The van der Waals surface area contributed by atoms with Crippen molar-refractivity contribution in [3.05, 3.63) is 0 Å². The summed E-state index contributed by atoms with van der Waals surface area (Å²) >= 11 is 0. The van der Waals surface area contributed by atoms with Crippen LogP contribution < -0.4 is 5.32 Å². The van der Waals surface area contributed by atoms with Crippen LogP contribution in [0.3, 0.4) is 0 Å². The number of carbonyl (C=O) groups excluding carboxylic acids is 1. The average molecular weight is 198 g/mol. The molecule has 3 heteroatoms. The second-order valence-corrected chi connectivity index (χ2v) is 4.46. The fourth-order valence-electron chi connectivity index (χ4n) is 2.05. The van der Waals surface area contributed by atoms with Gasteiger partial charge < -0.3 is 10.2 Å². The SMILES string of the molecule is CC(=O)N(CC1CCNCC1)C(C)C. The van der Waals surface area contributed by atoms with E-state index >= 15 is 0 Å². The Morgan fingerprint density at radius 2 is 2.00 bits per heavy atom. The lowest BCUT2D eigenvalue weighted by atomic mass is 9.97. The van der Waals surface area contributed by atoms with Crippen LogP contribution in [-0.2, 0) is 4.79 Å². The highest BCUT2D eigenvalue weighted by Crippen LogP contribution is 2.15. The van der Waals surface area contributed by atoms with Crippen molar-refractivity contribution < 1.29 is 4.79 Å². The van der Waals surface area contributed by atoms with Crippen LogP contribution >= 0.6 is 0 Å². The molecular formula is C11H22N2O. The molecule has 1 saturated heterocycles. The molecule has 0 saturated carbocycles. The third-order valence-corrected chi connectivity index (χ3v) is 2.94. The van der Waals surface area contributed by atoms with E-state index in [-0.39, 0.29) is 5.91 Å². The van der Waals surface area contributed by atoms with E-state index in [4.69, 9.17) is 0 Å². The van der Waals surface area contributed by atoms with E-state index in [1.54, 1.807) is 6.92 Å². The first-order valence-electron chi connectivity index (χ1n) is 5.59. The molecule has 1 aliphatic rings. The normalized spacial score (nSPS) is 18.6. The van der Waals surface area contributed by atoms with Crippen molar-refractivity contribution in [1.29, 1.82) is 0 Å². The van der Waals surface area contributed by atoms with Crippen molar-refractivity contribution in [2.75, 3.05) is 19.6 Å². The van der Waals surface area contributed by atoms with Gasteiger partial charge in [0.05, 0.1) is 0 Å². The molecule has 0 aromatic heterocycles. The van der Waals surface area contributed by atoms with Gasteiger partial charge in [-0.1, -0.05) is 0 Å². The van der Waals surface area contributed by atoms with Gasteiger partial charge in [-0.05, 0) is 45.7 Å². The summed E-state index contributed by atoms with van der Waals surface area (Å²) in [6, 6.07) is 0.336. The van der Waals surface area contributed by atoms with Crippen molar-refractivity contribution in [2.24, 2.45) is 5.92 Å². The summed E-state index contributed by atoms with van der Waals surface area (Å²) < 4.78 is 0. The van der Waals surface area contributed by atoms with Gasteiger partial charge in [-0.2, -0.15) is 0 Å². The zero-order valence-corrected chi connectivity index (χ0v) is 9.55. The van der Waals surface area contributed by atoms with E-state index < -0.39 is 0 Å². The molecular weight excluding hydrogens is 176 g/mol. The fraction of sp³-hybridized carbons (Fsp3) is 0.909. The van der Waals surface area contributed by atoms with Crippen molar-refractivity contribution in [1.82, 2.24) is 10.2 Å². The van der Waals surface area contributed by atoms with Crippen LogP contribution in [0.5, 0.6) is 0 Å². The molecule has 0 unspecified atom stereocenters. The Morgan fingerprint density at radius 1 is 1.43 bits per heavy atom. The number of nitrogens with zero attached hydrogens (tertiary/aromatic N) is 1. The molecule has 0 aromatic carbocycles. The summed E-state index contributed by atoms with van der Waals surface area (Å²) in [5, 5.41) is 3.34. The number of carbonyl (C=O) groups is 1. The number of hydrogen-bond acceptors (Lipinski definition) is 2. The van der Waals surface area contributed by atoms with Gasteiger partial charge in [0.1, 0.15) is 0 Å². The number of piperidine rings is 1. The Balaban J connectivity index is 2.41. The van der Waals surface area contributed by atoms with E-state index in [0.717, 1.165) is 19.6 Å². The monoisotopic (exact) mass is 198 g/mol. The van der Waals surface area contributed by atoms with E-state index in [1.807, 2.05) is 4.90 Å². The van der Waals surface area contributed by atoms with E-state index in [2.05, 4.69) is 19.2 Å². The maximum Gasteiger partial charge on any atom is 0.219 e. The van der Waals surface area contributed by atoms with Crippen molar-refractivity contribution in [3.63, 3.8) is 0 Å². The molecule has 1 heterocycles. The Kier molecular flexibility index (Phi) is 4.39. The second kappa shape index (κ2) is 5.35. The predicted molar refractivity (Wildman–Crippen MR) is 58.1 cm³/mol. The minimum Gasteiger partial charge on any atom is -0.340 e. The summed E-state index contributed by atoms with van der Waals surface area (Å²) in [5.74, 6) is 0.904. The molecule has 1 rings (SSSR count). The predicted octanol–water partition coefficient (Wildman–Crippen LogP) is 1.24. The van der Waals surface area contributed by atoms with Crippen molar-refractivity contribution in [2.45, 2.75) is 39.7 Å². The summed E-state index contributed by atoms with van der Waals surface area (Å²) in [6.45, 7) is 8.99. The average Bonchev–Trinajstić information content (AvgIpc) is 2.15. The summed E-state index contributed by atoms with van der Waals surface area (Å²) in [6.07, 6.45) is 2.41. The highest BCUT2D eigenvalue weighted by molar-refractivity contribution is 5.73. The first-order valence-corrected chi connectivity index (χ1v) is 5.59. The molecule has 1 N–H and O–H groups in total. The van der Waals surface area contributed by atoms with Gasteiger partial charge >= 0.3 is 0 Å². The number of hydrogen-bond donors (Lipinski definition) is 1. The highest BCUT2D eigenvalue weighted by Gasteiger charge is 2.20. The van der Waals surface area contributed by atoms with Crippen LogP contribution in [0, 0.1) is 5.92 Å². The topological polar surface area (TPSA) is 32.3 Å². The molecule has 0 aromatic rings. The van der Waals surface area contributed by atoms with Crippen LogP contribution in [0.2, 0.25) is 0 Å². The number of amides is 1. The Labute approximate surface area is 86.9 Å². The van der Waals surface area contributed by atoms with Gasteiger partial charge in [-0.25, -0.2) is 0 Å². The molecule has 14 heavy (non-hydrogen) atoms. The smallest absolute Gasteiger partial charge is 0.219 e. The third kappa shape index (κ3) is 3.29. The number of rotatable bonds is 3. The minimum atomic E-state index is 0.207. The lowest BCUT2D eigenvalue weighted by Crippen LogP contribution is -2.41. The highest BCUT2D eigenvalue weighted by atomic mass is 16.2. The van der Waals surface area contributed by atoms with Crippen LogP contribution in [0.4, 0.5) is 0 Å². The summed E-state index contributed by atoms with van der Waals surface area (Å²) in [4.78, 5) is 13.4. The second-order valence-electron chi connectivity index (χ2n) is 4.46.